The number of nitrogens with zero attached hydrogens (tertiary/aromatic N) is 2. The zero-order valence-electron chi connectivity index (χ0n) is 11.8. The van der Waals surface area contributed by atoms with Crippen LogP contribution in [0.15, 0.2) is 18.2 Å². The maximum atomic E-state index is 13.2. The number of hydrogen-bond acceptors (Lipinski definition) is 3. The molecule has 0 amide bonds. The predicted octanol–water partition coefficient (Wildman–Crippen LogP) is 3.31. The average Bonchev–Trinajstić information content (AvgIpc) is 2.41. The lowest BCUT2D eigenvalue weighted by molar-refractivity contribution is 0.628. The summed E-state index contributed by atoms with van der Waals surface area (Å²) in [6, 6.07) is 4.53. The first-order valence-electron chi connectivity index (χ1n) is 6.47. The molecule has 20 heavy (non-hydrogen) atoms. The Morgan fingerprint density at radius 3 is 2.40 bits per heavy atom. The lowest BCUT2D eigenvalue weighted by Gasteiger charge is -2.11. The molecule has 0 unspecified atom stereocenters. The van der Waals surface area contributed by atoms with Crippen molar-refractivity contribution in [3.63, 3.8) is 0 Å². The molecule has 1 aromatic carbocycles. The quantitative estimate of drug-likeness (QED) is 0.940. The van der Waals surface area contributed by atoms with E-state index in [1.54, 1.807) is 12.1 Å². The summed E-state index contributed by atoms with van der Waals surface area (Å²) < 4.78 is 13.2. The van der Waals surface area contributed by atoms with Crippen molar-refractivity contribution in [1.82, 2.24) is 15.3 Å². The molecule has 0 aliphatic rings. The summed E-state index contributed by atoms with van der Waals surface area (Å²) in [5, 5.41) is 3.20. The second-order valence-corrected chi connectivity index (χ2v) is 5.09. The fraction of sp³-hybridized carbons (Fsp3) is 0.333. The third-order valence-electron chi connectivity index (χ3n) is 3.22. The summed E-state index contributed by atoms with van der Waals surface area (Å²) in [7, 11) is 1.92. The van der Waals surface area contributed by atoms with Crippen LogP contribution in [0.25, 0.3) is 11.4 Å². The highest BCUT2D eigenvalue weighted by Gasteiger charge is 2.11. The van der Waals surface area contributed by atoms with Crippen molar-refractivity contribution in [2.45, 2.75) is 20.3 Å². The summed E-state index contributed by atoms with van der Waals surface area (Å²) in [6.45, 7) is 4.81. The molecule has 106 valence electrons. The Hall–Kier alpha value is -1.52. The van der Waals surface area contributed by atoms with Gasteiger partial charge in [0, 0.05) is 17.0 Å². The molecule has 1 N–H and O–H groups in total. The maximum absolute atomic E-state index is 13.2. The Balaban J connectivity index is 2.41. The van der Waals surface area contributed by atoms with Crippen LogP contribution in [0.3, 0.4) is 0 Å². The fourth-order valence-corrected chi connectivity index (χ4v) is 2.30. The Labute approximate surface area is 123 Å². The molecule has 5 heteroatoms. The van der Waals surface area contributed by atoms with Crippen molar-refractivity contribution >= 4 is 11.6 Å². The lowest BCUT2D eigenvalue weighted by Crippen LogP contribution is -2.13. The number of nitrogens with one attached hydrogen (secondary N) is 1. The molecule has 2 rings (SSSR count). The van der Waals surface area contributed by atoms with Gasteiger partial charge < -0.3 is 5.32 Å². The number of rotatable bonds is 4. The second-order valence-electron chi connectivity index (χ2n) is 4.68. The van der Waals surface area contributed by atoms with Crippen molar-refractivity contribution in [1.29, 1.82) is 0 Å². The molecule has 0 atom stereocenters. The van der Waals surface area contributed by atoms with Gasteiger partial charge in [0.1, 0.15) is 5.82 Å². The van der Waals surface area contributed by atoms with E-state index < -0.39 is 5.82 Å². The van der Waals surface area contributed by atoms with E-state index in [9.17, 15) is 4.39 Å². The van der Waals surface area contributed by atoms with Crippen LogP contribution >= 0.6 is 11.6 Å². The van der Waals surface area contributed by atoms with E-state index in [2.05, 4.69) is 15.3 Å². The number of hydrogen-bond donors (Lipinski definition) is 1. The third-order valence-corrected chi connectivity index (χ3v) is 3.51. The van der Waals surface area contributed by atoms with Crippen LogP contribution in [0.2, 0.25) is 5.02 Å². The first-order valence-corrected chi connectivity index (χ1v) is 6.85. The summed E-state index contributed by atoms with van der Waals surface area (Å²) >= 11 is 5.80. The van der Waals surface area contributed by atoms with Gasteiger partial charge in [0.15, 0.2) is 5.82 Å². The monoisotopic (exact) mass is 293 g/mol. The van der Waals surface area contributed by atoms with Crippen molar-refractivity contribution in [3.05, 3.63) is 46.0 Å². The first kappa shape index (κ1) is 14.9. The van der Waals surface area contributed by atoms with Crippen LogP contribution < -0.4 is 5.32 Å². The van der Waals surface area contributed by atoms with E-state index in [0.717, 1.165) is 35.5 Å². The Morgan fingerprint density at radius 1 is 1.20 bits per heavy atom. The van der Waals surface area contributed by atoms with E-state index in [1.807, 2.05) is 20.9 Å². The molecule has 0 saturated carbocycles. The summed E-state index contributed by atoms with van der Waals surface area (Å²) in [5.41, 5.74) is 3.77. The molecule has 0 saturated heterocycles. The molecular weight excluding hydrogens is 277 g/mol. The molecule has 3 nitrogen and oxygen atoms in total. The molecule has 0 aliphatic carbocycles. The van der Waals surface area contributed by atoms with E-state index in [1.165, 1.54) is 6.07 Å². The fourth-order valence-electron chi connectivity index (χ4n) is 2.12. The molecule has 0 bridgehead atoms. The zero-order valence-corrected chi connectivity index (χ0v) is 12.6. The Kier molecular flexibility index (Phi) is 4.68. The molecule has 0 fully saturated rings. The highest BCUT2D eigenvalue weighted by atomic mass is 35.5. The van der Waals surface area contributed by atoms with Gasteiger partial charge in [-0.3, -0.25) is 0 Å². The van der Waals surface area contributed by atoms with E-state index >= 15 is 0 Å². The van der Waals surface area contributed by atoms with Gasteiger partial charge in [-0.15, -0.1) is 0 Å². The molecule has 0 spiro atoms. The average molecular weight is 294 g/mol. The van der Waals surface area contributed by atoms with Crippen LogP contribution in [-0.2, 0) is 6.42 Å². The third kappa shape index (κ3) is 3.14. The minimum atomic E-state index is -0.436. The van der Waals surface area contributed by atoms with E-state index in [-0.39, 0.29) is 5.02 Å². The Morgan fingerprint density at radius 2 is 1.85 bits per heavy atom. The van der Waals surface area contributed by atoms with Gasteiger partial charge in [0.05, 0.1) is 5.02 Å². The van der Waals surface area contributed by atoms with Gasteiger partial charge >= 0.3 is 0 Å². The van der Waals surface area contributed by atoms with Crippen molar-refractivity contribution in [2.24, 2.45) is 0 Å². The maximum Gasteiger partial charge on any atom is 0.159 e. The highest BCUT2D eigenvalue weighted by molar-refractivity contribution is 6.31. The standard InChI is InChI=1S/C15H17ClFN3/c1-9-12(6-7-18-3)10(2)20-15(19-9)11-4-5-14(17)13(16)8-11/h4-5,8,18H,6-7H2,1-3H3. The van der Waals surface area contributed by atoms with Crippen LogP contribution in [0.4, 0.5) is 4.39 Å². The van der Waals surface area contributed by atoms with Gasteiger partial charge in [-0.05, 0) is 57.6 Å². The minimum Gasteiger partial charge on any atom is -0.319 e. The van der Waals surface area contributed by atoms with E-state index in [0.29, 0.717) is 5.82 Å². The van der Waals surface area contributed by atoms with Crippen LogP contribution in [0, 0.1) is 19.7 Å². The van der Waals surface area contributed by atoms with Gasteiger partial charge in [0.2, 0.25) is 0 Å². The summed E-state index contributed by atoms with van der Waals surface area (Å²) in [4.78, 5) is 9.02. The highest BCUT2D eigenvalue weighted by Crippen LogP contribution is 2.24. The Bertz CT molecular complexity index is 606. The minimum absolute atomic E-state index is 0.0839. The van der Waals surface area contributed by atoms with E-state index in [4.69, 9.17) is 11.6 Å². The molecule has 2 aromatic rings. The van der Waals surface area contributed by atoms with Gasteiger partial charge in [-0.1, -0.05) is 11.6 Å². The van der Waals surface area contributed by atoms with Crippen molar-refractivity contribution in [2.75, 3.05) is 13.6 Å². The normalized spacial score (nSPS) is 10.8. The van der Waals surface area contributed by atoms with Crippen LogP contribution in [-0.4, -0.2) is 23.6 Å². The summed E-state index contributed by atoms with van der Waals surface area (Å²) in [5.74, 6) is 0.143. The number of likely N-dealkylation sites (N-methyl/N-ethyl adjacent to an activating group) is 1. The number of halogens is 2. The molecule has 0 aliphatic heterocycles. The number of aromatic nitrogens is 2. The van der Waals surface area contributed by atoms with Crippen LogP contribution in [0.1, 0.15) is 17.0 Å². The second kappa shape index (κ2) is 6.29. The van der Waals surface area contributed by atoms with Gasteiger partial charge in [-0.25, -0.2) is 14.4 Å². The van der Waals surface area contributed by atoms with Crippen LogP contribution in [0.5, 0.6) is 0 Å². The largest absolute Gasteiger partial charge is 0.319 e. The number of aryl methyl sites for hydroxylation is 2. The van der Waals surface area contributed by atoms with Gasteiger partial charge in [0.25, 0.3) is 0 Å². The summed E-state index contributed by atoms with van der Waals surface area (Å²) in [6.07, 6.45) is 0.888. The van der Waals surface area contributed by atoms with Gasteiger partial charge in [-0.2, -0.15) is 0 Å². The molecule has 1 aromatic heterocycles. The smallest absolute Gasteiger partial charge is 0.159 e. The molecule has 1 heterocycles. The predicted molar refractivity (Wildman–Crippen MR) is 79.5 cm³/mol. The van der Waals surface area contributed by atoms with Crippen molar-refractivity contribution in [3.8, 4) is 11.4 Å². The van der Waals surface area contributed by atoms with Crippen molar-refractivity contribution < 1.29 is 4.39 Å². The number of benzene rings is 1. The molecule has 0 radical (unpaired) electrons. The SMILES string of the molecule is CNCCc1c(C)nc(-c2ccc(F)c(Cl)c2)nc1C. The zero-order chi connectivity index (χ0) is 14.7. The lowest BCUT2D eigenvalue weighted by atomic mass is 10.1. The topological polar surface area (TPSA) is 37.8 Å². The first-order chi connectivity index (χ1) is 9.52. The molecular formula is C15H17ClFN3.